The minimum atomic E-state index is -0.328. The van der Waals surface area contributed by atoms with Gasteiger partial charge in [-0.2, -0.15) is 0 Å². The molecule has 2 rings (SSSR count). The Bertz CT molecular complexity index is 629. The van der Waals surface area contributed by atoms with Crippen molar-refractivity contribution in [2.45, 2.75) is 50.1 Å². The molecule has 0 saturated heterocycles. The van der Waals surface area contributed by atoms with E-state index >= 15 is 0 Å². The number of halogens is 1. The van der Waals surface area contributed by atoms with Gasteiger partial charge in [0.25, 0.3) is 0 Å². The van der Waals surface area contributed by atoms with E-state index in [0.29, 0.717) is 5.69 Å². The summed E-state index contributed by atoms with van der Waals surface area (Å²) >= 11 is 1.37. The van der Waals surface area contributed by atoms with Crippen LogP contribution in [-0.2, 0) is 11.3 Å². The molecule has 1 aromatic heterocycles. The molecule has 7 heteroatoms. The van der Waals surface area contributed by atoms with Gasteiger partial charge in [0.05, 0.1) is 5.25 Å². The van der Waals surface area contributed by atoms with Crippen LogP contribution in [-0.4, -0.2) is 25.9 Å². The van der Waals surface area contributed by atoms with Crippen LogP contribution >= 0.6 is 11.8 Å². The van der Waals surface area contributed by atoms with Crippen molar-refractivity contribution in [1.29, 1.82) is 0 Å². The van der Waals surface area contributed by atoms with Crippen molar-refractivity contribution in [2.24, 2.45) is 0 Å². The Balaban J connectivity index is 1.90. The highest BCUT2D eigenvalue weighted by atomic mass is 32.2. The smallest absolute Gasteiger partial charge is 0.237 e. The quantitative estimate of drug-likeness (QED) is 0.589. The fourth-order valence-corrected chi connectivity index (χ4v) is 2.86. The van der Waals surface area contributed by atoms with Crippen LogP contribution in [0.1, 0.15) is 33.1 Å². The number of nitrogens with one attached hydrogen (secondary N) is 1. The number of amides is 1. The van der Waals surface area contributed by atoms with Crippen molar-refractivity contribution < 1.29 is 9.18 Å². The highest BCUT2D eigenvalue weighted by molar-refractivity contribution is 8.00. The SMILES string of the molecule is CCCCCn1cnnc1S[C@@H](C)C(=O)Nc1ccc(F)cc1. The van der Waals surface area contributed by atoms with Crippen LogP contribution in [0.3, 0.4) is 0 Å². The van der Waals surface area contributed by atoms with E-state index in [1.54, 1.807) is 6.33 Å². The first kappa shape index (κ1) is 17.5. The summed E-state index contributed by atoms with van der Waals surface area (Å²) in [5, 5.41) is 11.2. The summed E-state index contributed by atoms with van der Waals surface area (Å²) in [6.45, 7) is 4.83. The van der Waals surface area contributed by atoms with Gasteiger partial charge in [0.2, 0.25) is 5.91 Å². The first-order valence-electron chi connectivity index (χ1n) is 7.71. The molecule has 1 aromatic carbocycles. The van der Waals surface area contributed by atoms with Gasteiger partial charge in [0.1, 0.15) is 12.1 Å². The number of carbonyl (C=O) groups is 1. The summed E-state index contributed by atoms with van der Waals surface area (Å²) in [6.07, 6.45) is 5.07. The van der Waals surface area contributed by atoms with Crippen molar-refractivity contribution in [3.05, 3.63) is 36.4 Å². The third-order valence-corrected chi connectivity index (χ3v) is 4.44. The van der Waals surface area contributed by atoms with Crippen LogP contribution in [0.15, 0.2) is 35.7 Å². The molecule has 0 aliphatic rings. The Morgan fingerprint density at radius 2 is 2.09 bits per heavy atom. The van der Waals surface area contributed by atoms with E-state index in [-0.39, 0.29) is 17.0 Å². The second-order valence-corrected chi connectivity index (χ2v) is 6.58. The Labute approximate surface area is 139 Å². The van der Waals surface area contributed by atoms with Crippen LogP contribution in [0, 0.1) is 5.82 Å². The molecule has 0 radical (unpaired) electrons. The van der Waals surface area contributed by atoms with Gasteiger partial charge in [-0.1, -0.05) is 31.5 Å². The maximum absolute atomic E-state index is 12.9. The average molecular weight is 336 g/mol. The number of anilines is 1. The molecule has 0 bridgehead atoms. The maximum Gasteiger partial charge on any atom is 0.237 e. The minimum absolute atomic E-state index is 0.148. The van der Waals surface area contributed by atoms with Crippen molar-refractivity contribution in [3.63, 3.8) is 0 Å². The van der Waals surface area contributed by atoms with E-state index in [2.05, 4.69) is 22.4 Å². The zero-order chi connectivity index (χ0) is 16.7. The number of nitrogens with zero attached hydrogens (tertiary/aromatic N) is 3. The van der Waals surface area contributed by atoms with Crippen molar-refractivity contribution in [1.82, 2.24) is 14.8 Å². The summed E-state index contributed by atoms with van der Waals surface area (Å²) in [5.74, 6) is -0.477. The second-order valence-electron chi connectivity index (χ2n) is 5.27. The molecule has 0 fully saturated rings. The van der Waals surface area contributed by atoms with Crippen LogP contribution in [0.5, 0.6) is 0 Å². The van der Waals surface area contributed by atoms with Gasteiger partial charge in [0, 0.05) is 12.2 Å². The standard InChI is InChI=1S/C16H21FN4OS/c1-3-4-5-10-21-11-18-20-16(21)23-12(2)15(22)19-14-8-6-13(17)7-9-14/h6-9,11-12H,3-5,10H2,1-2H3,(H,19,22)/t12-/m0/s1. The van der Waals surface area contributed by atoms with E-state index in [1.807, 2.05) is 11.5 Å². The van der Waals surface area contributed by atoms with E-state index in [4.69, 9.17) is 0 Å². The number of aryl methyl sites for hydroxylation is 1. The predicted molar refractivity (Wildman–Crippen MR) is 89.9 cm³/mol. The molecule has 1 amide bonds. The van der Waals surface area contributed by atoms with Crippen LogP contribution in [0.25, 0.3) is 0 Å². The fraction of sp³-hybridized carbons (Fsp3) is 0.438. The first-order valence-corrected chi connectivity index (χ1v) is 8.59. The number of benzene rings is 1. The summed E-state index contributed by atoms with van der Waals surface area (Å²) in [6, 6.07) is 5.71. The molecular weight excluding hydrogens is 315 g/mol. The molecule has 1 heterocycles. The van der Waals surface area contributed by atoms with Crippen LogP contribution < -0.4 is 5.32 Å². The van der Waals surface area contributed by atoms with Crippen molar-refractivity contribution >= 4 is 23.4 Å². The number of rotatable bonds is 8. The second kappa shape index (κ2) is 8.67. The molecule has 0 saturated carbocycles. The molecule has 2 aromatic rings. The first-order chi connectivity index (χ1) is 11.1. The molecule has 0 aliphatic carbocycles. The molecule has 0 unspecified atom stereocenters. The van der Waals surface area contributed by atoms with E-state index < -0.39 is 0 Å². The molecule has 0 aliphatic heterocycles. The number of thioether (sulfide) groups is 1. The average Bonchev–Trinajstić information content (AvgIpc) is 2.97. The maximum atomic E-state index is 12.9. The summed E-state index contributed by atoms with van der Waals surface area (Å²) in [4.78, 5) is 12.2. The normalized spacial score (nSPS) is 12.1. The van der Waals surface area contributed by atoms with E-state index in [1.165, 1.54) is 36.0 Å². The molecule has 5 nitrogen and oxygen atoms in total. The van der Waals surface area contributed by atoms with Crippen molar-refractivity contribution in [3.8, 4) is 0 Å². The van der Waals surface area contributed by atoms with Gasteiger partial charge in [-0.15, -0.1) is 10.2 Å². The Morgan fingerprint density at radius 1 is 1.35 bits per heavy atom. The fourth-order valence-electron chi connectivity index (χ4n) is 2.01. The molecular formula is C16H21FN4OS. The lowest BCUT2D eigenvalue weighted by Crippen LogP contribution is -2.22. The number of carbonyl (C=O) groups excluding carboxylic acids is 1. The number of aromatic nitrogens is 3. The van der Waals surface area contributed by atoms with Gasteiger partial charge >= 0.3 is 0 Å². The van der Waals surface area contributed by atoms with E-state index in [0.717, 1.165) is 31.0 Å². The zero-order valence-electron chi connectivity index (χ0n) is 13.3. The lowest BCUT2D eigenvalue weighted by atomic mass is 10.2. The highest BCUT2D eigenvalue weighted by Gasteiger charge is 2.18. The monoisotopic (exact) mass is 336 g/mol. The summed E-state index contributed by atoms with van der Waals surface area (Å²) in [5.41, 5.74) is 0.577. The van der Waals surface area contributed by atoms with Gasteiger partial charge in [-0.3, -0.25) is 4.79 Å². The Kier molecular flexibility index (Phi) is 6.58. The predicted octanol–water partition coefficient (Wildman–Crippen LogP) is 3.73. The number of hydrogen-bond acceptors (Lipinski definition) is 4. The lowest BCUT2D eigenvalue weighted by Gasteiger charge is -2.12. The Morgan fingerprint density at radius 3 is 2.78 bits per heavy atom. The van der Waals surface area contributed by atoms with Gasteiger partial charge in [-0.25, -0.2) is 4.39 Å². The Hall–Kier alpha value is -1.89. The van der Waals surface area contributed by atoms with Gasteiger partial charge in [0.15, 0.2) is 5.16 Å². The van der Waals surface area contributed by atoms with Crippen LogP contribution in [0.2, 0.25) is 0 Å². The summed E-state index contributed by atoms with van der Waals surface area (Å²) < 4.78 is 14.8. The van der Waals surface area contributed by atoms with Gasteiger partial charge in [-0.05, 0) is 37.6 Å². The van der Waals surface area contributed by atoms with Crippen LogP contribution in [0.4, 0.5) is 10.1 Å². The molecule has 124 valence electrons. The largest absolute Gasteiger partial charge is 0.325 e. The third kappa shape index (κ3) is 5.35. The third-order valence-electron chi connectivity index (χ3n) is 3.35. The highest BCUT2D eigenvalue weighted by Crippen LogP contribution is 2.22. The zero-order valence-corrected chi connectivity index (χ0v) is 14.1. The summed E-state index contributed by atoms with van der Waals surface area (Å²) in [7, 11) is 0. The van der Waals surface area contributed by atoms with Crippen molar-refractivity contribution in [2.75, 3.05) is 5.32 Å². The topological polar surface area (TPSA) is 59.8 Å². The molecule has 23 heavy (non-hydrogen) atoms. The van der Waals surface area contributed by atoms with E-state index in [9.17, 15) is 9.18 Å². The molecule has 1 atom stereocenters. The molecule has 0 spiro atoms. The number of hydrogen-bond donors (Lipinski definition) is 1. The lowest BCUT2D eigenvalue weighted by molar-refractivity contribution is -0.115. The molecule has 1 N–H and O–H groups in total. The minimum Gasteiger partial charge on any atom is -0.325 e. The number of unbranched alkanes of at least 4 members (excludes halogenated alkanes) is 2. The van der Waals surface area contributed by atoms with Gasteiger partial charge < -0.3 is 9.88 Å².